The Kier molecular flexibility index (Phi) is 11.9. The zero-order valence-corrected chi connectivity index (χ0v) is 33.5. The highest BCUT2D eigenvalue weighted by Crippen LogP contribution is 2.73. The van der Waals surface area contributed by atoms with Gasteiger partial charge in [-0.1, -0.05) is 26.0 Å². The normalized spacial score (nSPS) is 35.7. The van der Waals surface area contributed by atoms with Crippen molar-refractivity contribution >= 4 is 29.8 Å². The van der Waals surface area contributed by atoms with Gasteiger partial charge in [0.1, 0.15) is 24.5 Å². The highest BCUT2D eigenvalue weighted by molar-refractivity contribution is 5.85. The molecule has 2 aliphatic heterocycles. The highest BCUT2D eigenvalue weighted by atomic mass is 16.7. The number of cyclic esters (lactones) is 1. The van der Waals surface area contributed by atoms with Crippen LogP contribution in [0.25, 0.3) is 0 Å². The minimum absolute atomic E-state index is 0.0257. The third-order valence-corrected chi connectivity index (χ3v) is 14.7. The molecule has 5 fully saturated rings. The molecule has 1 aromatic rings. The average molecular weight is 793 g/mol. The van der Waals surface area contributed by atoms with Crippen molar-refractivity contribution in [2.45, 2.75) is 134 Å². The van der Waals surface area contributed by atoms with Crippen LogP contribution in [-0.4, -0.2) is 79.0 Å². The maximum Gasteiger partial charge on any atom is 0.331 e. The Labute approximate surface area is 334 Å². The fraction of sp³-hybridized carbons (Fsp3) is 0.698. The topological polar surface area (TPSA) is 211 Å². The Morgan fingerprint density at radius 1 is 1.02 bits per heavy atom. The molecule has 6 N–H and O–H groups in total. The number of amides is 1. The van der Waals surface area contributed by atoms with Crippen molar-refractivity contribution in [1.82, 2.24) is 5.32 Å². The van der Waals surface area contributed by atoms with Gasteiger partial charge in [0.15, 0.2) is 12.2 Å². The van der Waals surface area contributed by atoms with Gasteiger partial charge in [0.05, 0.1) is 18.8 Å². The summed E-state index contributed by atoms with van der Waals surface area (Å²) in [6.07, 6.45) is 10.3. The van der Waals surface area contributed by atoms with Crippen LogP contribution in [0, 0.1) is 34.5 Å². The summed E-state index contributed by atoms with van der Waals surface area (Å²) < 4.78 is 31.2. The van der Waals surface area contributed by atoms with E-state index < -0.39 is 23.9 Å². The van der Waals surface area contributed by atoms with E-state index >= 15 is 0 Å². The van der Waals surface area contributed by atoms with E-state index in [-0.39, 0.29) is 78.6 Å². The Hall–Kier alpha value is -4.17. The quantitative estimate of drug-likeness (QED) is 0.0793. The maximum atomic E-state index is 13.0. The zero-order chi connectivity index (χ0) is 40.5. The van der Waals surface area contributed by atoms with Gasteiger partial charge in [-0.25, -0.2) is 9.59 Å². The number of carbonyl (C=O) groups is 4. The minimum Gasteiger partial charge on any atom is -0.497 e. The minimum atomic E-state index is -1.11. The number of benzene rings is 1. The van der Waals surface area contributed by atoms with Gasteiger partial charge in [-0.3, -0.25) is 14.6 Å². The van der Waals surface area contributed by atoms with Gasteiger partial charge in [0, 0.05) is 48.8 Å². The molecule has 4 aliphatic carbocycles. The number of aliphatic carboxylic acids is 1. The van der Waals surface area contributed by atoms with Crippen molar-refractivity contribution < 1.29 is 48.0 Å². The molecular formula is C43H60N4O10. The van der Waals surface area contributed by atoms with E-state index in [0.717, 1.165) is 68.3 Å². The predicted molar refractivity (Wildman–Crippen MR) is 208 cm³/mol. The van der Waals surface area contributed by atoms with Gasteiger partial charge in [0.2, 0.25) is 5.91 Å². The number of hydrogen-bond donors (Lipinski definition) is 4. The van der Waals surface area contributed by atoms with Gasteiger partial charge in [-0.2, -0.15) is 0 Å². The van der Waals surface area contributed by atoms with Gasteiger partial charge >= 0.3 is 17.9 Å². The molecular weight excluding hydrogens is 732 g/mol. The number of methoxy groups -OCH3 is 1. The largest absolute Gasteiger partial charge is 0.497 e. The van der Waals surface area contributed by atoms with E-state index in [9.17, 15) is 24.3 Å². The third-order valence-electron chi connectivity index (χ3n) is 14.7. The Balaban J connectivity index is 0.956. The number of ether oxygens (including phenoxy) is 5. The van der Waals surface area contributed by atoms with Crippen molar-refractivity contribution in [1.29, 1.82) is 0 Å². The predicted octanol–water partition coefficient (Wildman–Crippen LogP) is 5.08. The van der Waals surface area contributed by atoms with Crippen LogP contribution in [0.4, 0.5) is 0 Å². The number of carbonyl (C=O) groups excluding carboxylic acids is 3. The van der Waals surface area contributed by atoms with Crippen LogP contribution in [0.2, 0.25) is 0 Å². The number of carboxylic acids is 1. The first-order chi connectivity index (χ1) is 27.3. The van der Waals surface area contributed by atoms with E-state index in [1.165, 1.54) is 0 Å². The van der Waals surface area contributed by atoms with Crippen LogP contribution in [0.15, 0.2) is 40.9 Å². The van der Waals surface area contributed by atoms with E-state index in [1.807, 2.05) is 24.3 Å². The van der Waals surface area contributed by atoms with Gasteiger partial charge < -0.3 is 45.6 Å². The molecule has 14 heteroatoms. The van der Waals surface area contributed by atoms with Crippen molar-refractivity contribution in [2.75, 3.05) is 20.3 Å². The number of unbranched alkanes of at least 4 members (excludes halogenated alkanes) is 1. The van der Waals surface area contributed by atoms with E-state index in [0.29, 0.717) is 43.6 Å². The summed E-state index contributed by atoms with van der Waals surface area (Å²) in [4.78, 5) is 53.3. The summed E-state index contributed by atoms with van der Waals surface area (Å²) >= 11 is 0. The monoisotopic (exact) mass is 792 g/mol. The van der Waals surface area contributed by atoms with Crippen LogP contribution in [0.1, 0.15) is 116 Å². The SMILES string of the molecule is COc1ccc(C2O[C@H]3C[C@]4(O2)[C@@H]2CC[C@@H]5C[C@@H](OC(=O)CCCCC(=O)N[C@@H](CCCN=C(N)N)C(=O)O)CC[C@]5(C)[C@H]2CC[C@]4(C)[C@H]3C2=CC(=O)OC2)cc1. The average Bonchev–Trinajstić information content (AvgIpc) is 3.68. The van der Waals surface area contributed by atoms with Crippen molar-refractivity contribution in [3.63, 3.8) is 0 Å². The lowest BCUT2D eigenvalue weighted by Crippen LogP contribution is -2.63. The molecule has 2 bridgehead atoms. The van der Waals surface area contributed by atoms with Crippen LogP contribution >= 0.6 is 0 Å². The lowest BCUT2D eigenvalue weighted by atomic mass is 9.43. The molecule has 6 aliphatic rings. The van der Waals surface area contributed by atoms with Gasteiger partial charge in [0.25, 0.3) is 0 Å². The summed E-state index contributed by atoms with van der Waals surface area (Å²) in [5.41, 5.74) is 12.0. The molecule has 1 spiro atoms. The number of nitrogens with zero attached hydrogens (tertiary/aromatic N) is 1. The molecule has 312 valence electrons. The Morgan fingerprint density at radius 3 is 2.49 bits per heavy atom. The smallest absolute Gasteiger partial charge is 0.331 e. The number of hydrogen-bond acceptors (Lipinski definition) is 10. The van der Waals surface area contributed by atoms with Crippen molar-refractivity contribution in [2.24, 2.45) is 51.0 Å². The number of rotatable bonds is 15. The fourth-order valence-corrected chi connectivity index (χ4v) is 12.0. The molecule has 57 heavy (non-hydrogen) atoms. The summed E-state index contributed by atoms with van der Waals surface area (Å²) in [7, 11) is 1.66. The zero-order valence-electron chi connectivity index (χ0n) is 33.5. The molecule has 1 unspecified atom stereocenters. The molecule has 0 radical (unpaired) electrons. The number of fused-ring (bicyclic) bond motifs is 4. The number of nitrogens with one attached hydrogen (secondary N) is 1. The molecule has 7 rings (SSSR count). The van der Waals surface area contributed by atoms with Crippen molar-refractivity contribution in [3.8, 4) is 5.75 Å². The van der Waals surface area contributed by atoms with E-state index in [1.54, 1.807) is 13.2 Å². The number of nitrogens with two attached hydrogens (primary N) is 2. The summed E-state index contributed by atoms with van der Waals surface area (Å²) in [6.45, 7) is 5.43. The molecule has 2 heterocycles. The first-order valence-corrected chi connectivity index (χ1v) is 20.9. The van der Waals surface area contributed by atoms with Gasteiger partial charge in [-0.05, 0) is 112 Å². The number of aliphatic imine (C=N–C) groups is 1. The van der Waals surface area contributed by atoms with E-state index in [2.05, 4.69) is 24.2 Å². The maximum absolute atomic E-state index is 13.0. The first kappa shape index (κ1) is 41.0. The summed E-state index contributed by atoms with van der Waals surface area (Å²) in [6, 6.07) is 6.91. The van der Waals surface area contributed by atoms with Crippen LogP contribution in [0.3, 0.4) is 0 Å². The standard InChI is InChI=1S/C43H60N4O10/c1-41-18-16-29(55-35(49)9-5-4-8-34(48)47-32(38(51)52)7-6-20-46-40(44)45)22-27(41)12-15-31-30(41)17-19-42(2)37(26-21-36(50)54-24-26)33-23-43(31,42)57-39(56-33)25-10-13-28(53-3)14-11-25/h10-11,13-14,21,27,29-33,37,39H,4-9,12,15-20,22-24H2,1-3H3,(H,47,48)(H,51,52)(H4,44,45,46)/t27-,29+,30+,31-,32+,33+,37+,39?,41+,42-,43+/m1/s1. The van der Waals surface area contributed by atoms with Crippen LogP contribution in [0.5, 0.6) is 5.75 Å². The molecule has 14 nitrogen and oxygen atoms in total. The molecule has 0 aromatic heterocycles. The number of guanidine groups is 1. The molecule has 4 saturated carbocycles. The van der Waals surface area contributed by atoms with Crippen LogP contribution in [-0.2, 0) is 38.1 Å². The Morgan fingerprint density at radius 2 is 1.79 bits per heavy atom. The molecule has 1 aromatic carbocycles. The number of carboxylic acid groups (broad SMARTS) is 1. The second-order valence-corrected chi connectivity index (χ2v) is 17.7. The summed E-state index contributed by atoms with van der Waals surface area (Å²) in [5, 5.41) is 12.0. The van der Waals surface area contributed by atoms with Crippen molar-refractivity contribution in [3.05, 3.63) is 41.5 Å². The van der Waals surface area contributed by atoms with E-state index in [4.69, 9.17) is 35.2 Å². The second kappa shape index (κ2) is 16.6. The second-order valence-electron chi connectivity index (χ2n) is 17.7. The molecule has 1 amide bonds. The lowest BCUT2D eigenvalue weighted by molar-refractivity contribution is -0.319. The van der Waals surface area contributed by atoms with Gasteiger partial charge in [-0.15, -0.1) is 0 Å². The molecule has 11 atom stereocenters. The summed E-state index contributed by atoms with van der Waals surface area (Å²) in [5.74, 6) is -0.0904. The number of esters is 2. The Bertz CT molecular complexity index is 1750. The van der Waals surface area contributed by atoms with Crippen LogP contribution < -0.4 is 21.5 Å². The molecule has 1 saturated heterocycles. The fourth-order valence-electron chi connectivity index (χ4n) is 12.0. The third kappa shape index (κ3) is 8.00. The first-order valence-electron chi connectivity index (χ1n) is 20.9. The highest BCUT2D eigenvalue weighted by Gasteiger charge is 2.74. The lowest BCUT2D eigenvalue weighted by Gasteiger charge is -2.65.